The minimum atomic E-state index is -0.668. The van der Waals surface area contributed by atoms with E-state index < -0.39 is 5.06 Å². The average Bonchev–Trinajstić information content (AvgIpc) is 3.74. The lowest BCUT2D eigenvalue weighted by molar-refractivity contribution is -0.665. The van der Waals surface area contributed by atoms with Crippen molar-refractivity contribution in [2.75, 3.05) is 28.2 Å². The molecule has 0 saturated heterocycles. The van der Waals surface area contributed by atoms with Gasteiger partial charge in [-0.05, 0) is 99.7 Å². The Labute approximate surface area is 302 Å². The number of aromatic nitrogens is 1. The van der Waals surface area contributed by atoms with Crippen LogP contribution in [0.1, 0.15) is 58.9 Å². The second kappa shape index (κ2) is 14.1. The van der Waals surface area contributed by atoms with Crippen LogP contribution in [0.3, 0.4) is 0 Å². The first kappa shape index (κ1) is 33.6. The van der Waals surface area contributed by atoms with E-state index >= 15 is 0 Å². The third-order valence-corrected chi connectivity index (χ3v) is 12.7. The quantitative estimate of drug-likeness (QED) is 0.175. The Hall–Kier alpha value is -3.92. The van der Waals surface area contributed by atoms with Gasteiger partial charge < -0.3 is 19.9 Å². The summed E-state index contributed by atoms with van der Waals surface area (Å²) in [5.41, 5.74) is 6.87. The van der Waals surface area contributed by atoms with E-state index in [0.717, 1.165) is 60.9 Å². The van der Waals surface area contributed by atoms with Gasteiger partial charge in [0.25, 0.3) is 5.01 Å². The van der Waals surface area contributed by atoms with Crippen molar-refractivity contribution in [3.8, 4) is 0 Å². The summed E-state index contributed by atoms with van der Waals surface area (Å²) in [6.45, 7) is 12.9. The number of thiazole rings is 1. The SMILES string of the molecule is CCN1C(=CC=C2CCCC(C=Cc3sc4ccccc4[n+]3CC)=C2OC2(C)Sc3ccc(NC(C)=O)cc3N2CC)Sc2ccccc21. The highest BCUT2D eigenvalue weighted by molar-refractivity contribution is 8.03. The van der Waals surface area contributed by atoms with Crippen LogP contribution < -0.4 is 19.7 Å². The molecular weight excluding hydrogens is 665 g/mol. The van der Waals surface area contributed by atoms with Crippen LogP contribution in [0.2, 0.25) is 0 Å². The molecule has 1 N–H and O–H groups in total. The number of nitrogens with zero attached hydrogens (tertiary/aromatic N) is 3. The lowest BCUT2D eigenvalue weighted by atomic mass is 9.92. The van der Waals surface area contributed by atoms with Gasteiger partial charge in [0.1, 0.15) is 17.0 Å². The van der Waals surface area contributed by atoms with E-state index in [-0.39, 0.29) is 5.91 Å². The molecule has 2 aliphatic heterocycles. The standard InChI is InChI=1S/C40H42N4O2S3/c1-6-42-31-16-9-11-18-34(31)47-37(42)24-20-28-14-13-15-29(21-25-38-43(7-2)32-17-10-12-19-35(32)48-38)39(28)46-40(5)44(8-3)33-26-30(41-27(4)45)22-23-36(33)49-40/h9-12,16-26H,6-8,13-15H2,1-5H3/p+1. The molecule has 3 aromatic carbocycles. The fourth-order valence-corrected chi connectivity index (χ4v) is 10.5. The minimum Gasteiger partial charge on any atom is -0.458 e. The highest BCUT2D eigenvalue weighted by Crippen LogP contribution is 2.53. The lowest BCUT2D eigenvalue weighted by Gasteiger charge is -2.38. The van der Waals surface area contributed by atoms with Crippen LogP contribution in [0.25, 0.3) is 16.3 Å². The number of rotatable bonds is 9. The number of allylic oxidation sites excluding steroid dienone is 5. The predicted molar refractivity (Wildman–Crippen MR) is 208 cm³/mol. The maximum absolute atomic E-state index is 11.9. The highest BCUT2D eigenvalue weighted by Gasteiger charge is 2.44. The molecular formula is C40H43N4O2S3+. The Bertz CT molecular complexity index is 2040. The van der Waals surface area contributed by atoms with Crippen molar-refractivity contribution >= 4 is 74.1 Å². The fraction of sp³-hybridized carbons (Fsp3) is 0.300. The molecule has 0 radical (unpaired) electrons. The molecule has 1 aliphatic carbocycles. The topological polar surface area (TPSA) is 48.7 Å². The summed E-state index contributed by atoms with van der Waals surface area (Å²) in [6.07, 6.45) is 12.1. The normalized spacial score (nSPS) is 20.6. The second-order valence-corrected chi connectivity index (χ2v) is 15.9. The Kier molecular flexibility index (Phi) is 9.68. The monoisotopic (exact) mass is 707 g/mol. The van der Waals surface area contributed by atoms with Crippen molar-refractivity contribution < 1.29 is 14.1 Å². The first-order valence-corrected chi connectivity index (χ1v) is 19.6. The molecule has 4 aromatic rings. The van der Waals surface area contributed by atoms with Crippen molar-refractivity contribution in [1.29, 1.82) is 0 Å². The van der Waals surface area contributed by atoms with E-state index in [1.165, 1.54) is 42.0 Å². The summed E-state index contributed by atoms with van der Waals surface area (Å²) >= 11 is 5.40. The van der Waals surface area contributed by atoms with Crippen LogP contribution in [0.4, 0.5) is 17.1 Å². The minimum absolute atomic E-state index is 0.0754. The zero-order valence-electron chi connectivity index (χ0n) is 28.8. The molecule has 252 valence electrons. The van der Waals surface area contributed by atoms with E-state index in [1.54, 1.807) is 18.7 Å². The number of fused-ring (bicyclic) bond motifs is 3. The number of benzene rings is 3. The zero-order valence-corrected chi connectivity index (χ0v) is 31.2. The Morgan fingerprint density at radius 2 is 1.78 bits per heavy atom. The third kappa shape index (κ3) is 6.56. The molecule has 1 aromatic heterocycles. The van der Waals surface area contributed by atoms with E-state index in [9.17, 15) is 4.79 Å². The molecule has 3 heterocycles. The Morgan fingerprint density at radius 3 is 2.57 bits per heavy atom. The number of ether oxygens (including phenoxy) is 1. The van der Waals surface area contributed by atoms with Gasteiger partial charge in [-0.25, -0.2) is 0 Å². The van der Waals surface area contributed by atoms with Crippen molar-refractivity contribution in [2.24, 2.45) is 0 Å². The van der Waals surface area contributed by atoms with Crippen LogP contribution >= 0.6 is 34.9 Å². The molecule has 0 fully saturated rings. The number of aryl methyl sites for hydroxylation is 1. The van der Waals surface area contributed by atoms with Gasteiger partial charge in [-0.3, -0.25) is 4.79 Å². The molecule has 0 bridgehead atoms. The van der Waals surface area contributed by atoms with Gasteiger partial charge in [-0.15, -0.1) is 0 Å². The summed E-state index contributed by atoms with van der Waals surface area (Å²) < 4.78 is 11.0. The number of amides is 1. The second-order valence-electron chi connectivity index (χ2n) is 12.4. The first-order valence-electron chi connectivity index (χ1n) is 17.2. The highest BCUT2D eigenvalue weighted by atomic mass is 32.2. The van der Waals surface area contributed by atoms with Gasteiger partial charge in [0.15, 0.2) is 0 Å². The molecule has 3 aliphatic rings. The summed E-state index contributed by atoms with van der Waals surface area (Å²) in [5.74, 6) is 0.893. The van der Waals surface area contributed by atoms with Gasteiger partial charge in [0, 0.05) is 54.6 Å². The number of hydrogen-bond acceptors (Lipinski definition) is 7. The molecule has 49 heavy (non-hydrogen) atoms. The molecule has 0 spiro atoms. The van der Waals surface area contributed by atoms with Crippen LogP contribution in [0, 0.1) is 0 Å². The summed E-state index contributed by atoms with van der Waals surface area (Å²) in [7, 11) is 0. The molecule has 1 unspecified atom stereocenters. The van der Waals surface area contributed by atoms with Crippen LogP contribution in [-0.4, -0.2) is 24.1 Å². The van der Waals surface area contributed by atoms with Crippen molar-refractivity contribution in [1.82, 2.24) is 0 Å². The van der Waals surface area contributed by atoms with Crippen molar-refractivity contribution in [3.63, 3.8) is 0 Å². The predicted octanol–water partition coefficient (Wildman–Crippen LogP) is 10.3. The molecule has 6 nitrogen and oxygen atoms in total. The maximum Gasteiger partial charge on any atom is 0.262 e. The van der Waals surface area contributed by atoms with Crippen LogP contribution in [0.15, 0.2) is 117 Å². The molecule has 7 rings (SSSR count). The molecule has 9 heteroatoms. The third-order valence-electron chi connectivity index (χ3n) is 9.20. The van der Waals surface area contributed by atoms with Crippen molar-refractivity contribution in [3.05, 3.63) is 112 Å². The fourth-order valence-electron chi connectivity index (χ4n) is 7.00. The first-order chi connectivity index (χ1) is 23.8. The van der Waals surface area contributed by atoms with E-state index in [0.29, 0.717) is 0 Å². The molecule has 1 atom stereocenters. The smallest absolute Gasteiger partial charge is 0.262 e. The molecule has 1 amide bonds. The van der Waals surface area contributed by atoms with Crippen LogP contribution in [-0.2, 0) is 16.1 Å². The summed E-state index contributed by atoms with van der Waals surface area (Å²) in [5, 5.41) is 4.76. The summed E-state index contributed by atoms with van der Waals surface area (Å²) in [4.78, 5) is 19.0. The van der Waals surface area contributed by atoms with Gasteiger partial charge in [-0.1, -0.05) is 65.2 Å². The van der Waals surface area contributed by atoms with Gasteiger partial charge >= 0.3 is 0 Å². The molecule has 0 saturated carbocycles. The number of para-hydroxylation sites is 2. The van der Waals surface area contributed by atoms with E-state index in [1.807, 2.05) is 29.2 Å². The number of nitrogens with one attached hydrogen (secondary N) is 1. The van der Waals surface area contributed by atoms with Crippen molar-refractivity contribution in [2.45, 2.75) is 75.3 Å². The van der Waals surface area contributed by atoms with Crippen LogP contribution in [0.5, 0.6) is 0 Å². The van der Waals surface area contributed by atoms with Gasteiger partial charge in [0.2, 0.25) is 16.5 Å². The van der Waals surface area contributed by atoms with Gasteiger partial charge in [-0.2, -0.15) is 4.57 Å². The largest absolute Gasteiger partial charge is 0.458 e. The Morgan fingerprint density at radius 1 is 0.959 bits per heavy atom. The average molecular weight is 708 g/mol. The zero-order chi connectivity index (χ0) is 34.1. The Balaban J connectivity index is 1.29. The summed E-state index contributed by atoms with van der Waals surface area (Å²) in [6, 6.07) is 23.4. The number of hydrogen-bond donors (Lipinski definition) is 1. The number of anilines is 3. The van der Waals surface area contributed by atoms with E-state index in [4.69, 9.17) is 4.74 Å². The lowest BCUT2D eigenvalue weighted by Crippen LogP contribution is -2.43. The number of carbonyl (C=O) groups is 1. The van der Waals surface area contributed by atoms with E-state index in [2.05, 4.69) is 132 Å². The number of thioether (sulfide) groups is 2. The number of carbonyl (C=O) groups excluding carboxylic acids is 1. The maximum atomic E-state index is 11.9. The van der Waals surface area contributed by atoms with Gasteiger partial charge in [0.05, 0.1) is 16.4 Å².